The molecule has 31 heavy (non-hydrogen) atoms. The van der Waals surface area contributed by atoms with Crippen molar-refractivity contribution < 1.29 is 9.21 Å². The second kappa shape index (κ2) is 7.62. The molecular weight excluding hydrogens is 480 g/mol. The van der Waals surface area contributed by atoms with E-state index >= 15 is 0 Å². The molecular formula is C24H16BrClN2O3. The van der Waals surface area contributed by atoms with Gasteiger partial charge < -0.3 is 9.32 Å². The average Bonchev–Trinajstić information content (AvgIpc) is 3.03. The summed E-state index contributed by atoms with van der Waals surface area (Å²) in [6.45, 7) is 2.12. The van der Waals surface area contributed by atoms with Crippen LogP contribution in [0.2, 0.25) is 5.02 Å². The zero-order valence-electron chi connectivity index (χ0n) is 16.4. The zero-order valence-corrected chi connectivity index (χ0v) is 18.8. The largest absolute Gasteiger partial charge is 0.450 e. The number of aryl methyl sites for hydroxylation is 1. The molecule has 3 heterocycles. The fourth-order valence-corrected chi connectivity index (χ4v) is 4.60. The lowest BCUT2D eigenvalue weighted by atomic mass is 9.98. The topological polar surface area (TPSA) is 63.4 Å². The van der Waals surface area contributed by atoms with Crippen LogP contribution in [0.3, 0.4) is 0 Å². The molecule has 0 saturated heterocycles. The third kappa shape index (κ3) is 3.36. The Kier molecular flexibility index (Phi) is 4.91. The predicted molar refractivity (Wildman–Crippen MR) is 122 cm³/mol. The molecule has 5 nitrogen and oxygen atoms in total. The summed E-state index contributed by atoms with van der Waals surface area (Å²) in [6.07, 6.45) is 3.39. The van der Waals surface area contributed by atoms with Crippen LogP contribution in [0.5, 0.6) is 0 Å². The van der Waals surface area contributed by atoms with Gasteiger partial charge in [0, 0.05) is 28.4 Å². The average molecular weight is 496 g/mol. The molecule has 0 bridgehead atoms. The van der Waals surface area contributed by atoms with E-state index in [1.54, 1.807) is 29.4 Å². The summed E-state index contributed by atoms with van der Waals surface area (Å²) in [5.74, 6) is -0.247. The van der Waals surface area contributed by atoms with E-state index in [2.05, 4.69) is 20.9 Å². The van der Waals surface area contributed by atoms with Crippen molar-refractivity contribution in [2.45, 2.75) is 19.5 Å². The van der Waals surface area contributed by atoms with Crippen molar-refractivity contribution in [2.75, 3.05) is 0 Å². The number of aromatic nitrogens is 1. The number of halogens is 2. The van der Waals surface area contributed by atoms with Crippen LogP contribution in [-0.4, -0.2) is 15.8 Å². The van der Waals surface area contributed by atoms with Gasteiger partial charge in [-0.1, -0.05) is 45.7 Å². The molecule has 1 amide bonds. The van der Waals surface area contributed by atoms with Crippen LogP contribution in [-0.2, 0) is 6.54 Å². The SMILES string of the molecule is Cc1cc2oc3c(c(=O)c2cc1Cl)[C@@H](c1cccc(Br)c1)N(Cc1cccnc1)C3=O. The van der Waals surface area contributed by atoms with Gasteiger partial charge >= 0.3 is 0 Å². The van der Waals surface area contributed by atoms with Crippen LogP contribution in [0.15, 0.2) is 74.6 Å². The lowest BCUT2D eigenvalue weighted by molar-refractivity contribution is 0.0714. The maximum absolute atomic E-state index is 13.6. The van der Waals surface area contributed by atoms with Gasteiger partial charge in [0.15, 0.2) is 5.43 Å². The highest BCUT2D eigenvalue weighted by atomic mass is 79.9. The minimum Gasteiger partial charge on any atom is -0.450 e. The highest BCUT2D eigenvalue weighted by Gasteiger charge is 2.42. The van der Waals surface area contributed by atoms with Gasteiger partial charge in [0.25, 0.3) is 5.91 Å². The molecule has 154 valence electrons. The molecule has 5 rings (SSSR count). The van der Waals surface area contributed by atoms with Crippen molar-refractivity contribution in [1.29, 1.82) is 0 Å². The quantitative estimate of drug-likeness (QED) is 0.368. The van der Waals surface area contributed by atoms with Gasteiger partial charge in [-0.3, -0.25) is 14.6 Å². The monoisotopic (exact) mass is 494 g/mol. The lowest BCUT2D eigenvalue weighted by Gasteiger charge is -2.25. The predicted octanol–water partition coefficient (Wildman–Crippen LogP) is 5.66. The van der Waals surface area contributed by atoms with Gasteiger partial charge in [0.05, 0.1) is 17.0 Å². The lowest BCUT2D eigenvalue weighted by Crippen LogP contribution is -2.29. The summed E-state index contributed by atoms with van der Waals surface area (Å²) in [7, 11) is 0. The Morgan fingerprint density at radius 1 is 1.16 bits per heavy atom. The maximum atomic E-state index is 13.6. The molecule has 7 heteroatoms. The minimum absolute atomic E-state index is 0.0769. The summed E-state index contributed by atoms with van der Waals surface area (Å²) in [6, 6.07) is 14.0. The van der Waals surface area contributed by atoms with E-state index in [1.807, 2.05) is 43.3 Å². The Balaban J connectivity index is 1.76. The molecule has 0 radical (unpaired) electrons. The number of carbonyl (C=O) groups is 1. The van der Waals surface area contributed by atoms with E-state index in [0.717, 1.165) is 21.2 Å². The van der Waals surface area contributed by atoms with E-state index in [-0.39, 0.29) is 17.1 Å². The van der Waals surface area contributed by atoms with Crippen LogP contribution >= 0.6 is 27.5 Å². The molecule has 0 spiro atoms. The van der Waals surface area contributed by atoms with E-state index in [9.17, 15) is 9.59 Å². The van der Waals surface area contributed by atoms with Crippen LogP contribution in [0.1, 0.15) is 38.9 Å². The third-order valence-electron chi connectivity index (χ3n) is 5.49. The van der Waals surface area contributed by atoms with Crippen LogP contribution < -0.4 is 5.43 Å². The van der Waals surface area contributed by atoms with Crippen molar-refractivity contribution in [3.05, 3.63) is 109 Å². The second-order valence-corrected chi connectivity index (χ2v) is 8.85. The van der Waals surface area contributed by atoms with E-state index in [1.165, 1.54) is 0 Å². The minimum atomic E-state index is -0.582. The molecule has 0 fully saturated rings. The van der Waals surface area contributed by atoms with E-state index in [0.29, 0.717) is 28.1 Å². The first-order valence-corrected chi connectivity index (χ1v) is 10.8. The molecule has 4 aromatic rings. The highest BCUT2D eigenvalue weighted by molar-refractivity contribution is 9.10. The normalized spacial score (nSPS) is 15.5. The van der Waals surface area contributed by atoms with Gasteiger partial charge in [-0.05, 0) is 53.9 Å². The number of hydrogen-bond donors (Lipinski definition) is 0. The van der Waals surface area contributed by atoms with Gasteiger partial charge in [0.2, 0.25) is 5.76 Å². The Morgan fingerprint density at radius 3 is 2.74 bits per heavy atom. The molecule has 0 unspecified atom stereocenters. The van der Waals surface area contributed by atoms with Gasteiger partial charge in [-0.25, -0.2) is 0 Å². The van der Waals surface area contributed by atoms with Gasteiger partial charge in [0.1, 0.15) is 5.58 Å². The maximum Gasteiger partial charge on any atom is 0.291 e. The summed E-state index contributed by atoms with van der Waals surface area (Å²) in [5, 5.41) is 0.848. The summed E-state index contributed by atoms with van der Waals surface area (Å²) in [4.78, 5) is 32.8. The Hall–Kier alpha value is -2.96. The first-order valence-electron chi connectivity index (χ1n) is 9.66. The second-order valence-electron chi connectivity index (χ2n) is 7.52. The van der Waals surface area contributed by atoms with Crippen molar-refractivity contribution >= 4 is 44.4 Å². The first-order chi connectivity index (χ1) is 14.9. The summed E-state index contributed by atoms with van der Waals surface area (Å²) < 4.78 is 6.86. The number of hydrogen-bond acceptors (Lipinski definition) is 4. The molecule has 0 N–H and O–H groups in total. The molecule has 2 aromatic carbocycles. The molecule has 0 aliphatic carbocycles. The number of nitrogens with zero attached hydrogens (tertiary/aromatic N) is 2. The Bertz CT molecular complexity index is 1400. The summed E-state index contributed by atoms with van der Waals surface area (Å²) in [5.41, 5.74) is 2.90. The number of amides is 1. The number of carbonyl (C=O) groups excluding carboxylic acids is 1. The van der Waals surface area contributed by atoms with E-state index < -0.39 is 6.04 Å². The van der Waals surface area contributed by atoms with Crippen molar-refractivity contribution in [3.8, 4) is 0 Å². The number of pyridine rings is 1. The molecule has 1 aliphatic rings. The van der Waals surface area contributed by atoms with Crippen molar-refractivity contribution in [2.24, 2.45) is 0 Å². The highest BCUT2D eigenvalue weighted by Crippen LogP contribution is 2.40. The Morgan fingerprint density at radius 2 is 2.00 bits per heavy atom. The smallest absolute Gasteiger partial charge is 0.291 e. The molecule has 1 aliphatic heterocycles. The van der Waals surface area contributed by atoms with Gasteiger partial charge in [-0.2, -0.15) is 0 Å². The fraction of sp³-hybridized carbons (Fsp3) is 0.125. The fourth-order valence-electron chi connectivity index (χ4n) is 4.02. The standard InChI is InChI=1S/C24H16BrClN2O3/c1-13-8-19-17(10-18(13)26)22(29)20-21(15-5-2-6-16(25)9-15)28(24(30)23(20)31-19)12-14-4-3-7-27-11-14/h2-11,21H,12H2,1H3/t21-/m1/s1. The van der Waals surface area contributed by atoms with Crippen LogP contribution in [0.25, 0.3) is 11.0 Å². The molecule has 2 aromatic heterocycles. The first kappa shape index (κ1) is 20.0. The van der Waals surface area contributed by atoms with Crippen LogP contribution in [0.4, 0.5) is 0 Å². The number of rotatable bonds is 3. The number of fused-ring (bicyclic) bond motifs is 2. The van der Waals surface area contributed by atoms with Crippen LogP contribution in [0, 0.1) is 6.92 Å². The van der Waals surface area contributed by atoms with E-state index in [4.69, 9.17) is 16.0 Å². The van der Waals surface area contributed by atoms with Crippen molar-refractivity contribution in [3.63, 3.8) is 0 Å². The van der Waals surface area contributed by atoms with Gasteiger partial charge in [-0.15, -0.1) is 0 Å². The molecule has 0 saturated carbocycles. The zero-order chi connectivity index (χ0) is 21.7. The Labute approximate surface area is 191 Å². The van der Waals surface area contributed by atoms with Crippen molar-refractivity contribution in [1.82, 2.24) is 9.88 Å². The number of benzene rings is 2. The third-order valence-corrected chi connectivity index (χ3v) is 6.39. The summed E-state index contributed by atoms with van der Waals surface area (Å²) >= 11 is 9.77. The molecule has 1 atom stereocenters.